The first-order valence-electron chi connectivity index (χ1n) is 6.58. The van der Waals surface area contributed by atoms with Crippen LogP contribution in [0.15, 0.2) is 18.3 Å². The van der Waals surface area contributed by atoms with Crippen LogP contribution in [0.3, 0.4) is 0 Å². The molecule has 0 aliphatic rings. The maximum atomic E-state index is 4.35. The molecule has 17 heavy (non-hydrogen) atoms. The molecule has 0 amide bonds. The van der Waals surface area contributed by atoms with E-state index in [1.807, 2.05) is 6.20 Å². The Kier molecular flexibility index (Phi) is 5.98. The van der Waals surface area contributed by atoms with Crippen molar-refractivity contribution < 1.29 is 0 Å². The average molecular weight is 235 g/mol. The van der Waals surface area contributed by atoms with Crippen LogP contribution in [0.1, 0.15) is 52.3 Å². The minimum absolute atomic E-state index is 0.418. The number of nitrogens with zero attached hydrogens (tertiary/aromatic N) is 2. The summed E-state index contributed by atoms with van der Waals surface area (Å²) in [4.78, 5) is 0. The monoisotopic (exact) mass is 235 g/mol. The fourth-order valence-corrected chi connectivity index (χ4v) is 1.84. The van der Waals surface area contributed by atoms with Gasteiger partial charge in [0.15, 0.2) is 0 Å². The predicted octanol–water partition coefficient (Wildman–Crippen LogP) is 3.26. The highest BCUT2D eigenvalue weighted by atomic mass is 15.3. The van der Waals surface area contributed by atoms with E-state index in [1.165, 1.54) is 17.7 Å². The minimum atomic E-state index is 0.418. The van der Waals surface area contributed by atoms with E-state index in [9.17, 15) is 0 Å². The molecular formula is C14H25N3. The van der Waals surface area contributed by atoms with Crippen LogP contribution >= 0.6 is 0 Å². The second-order valence-electron chi connectivity index (χ2n) is 4.68. The Bertz CT molecular complexity index is 350. The smallest absolute Gasteiger partial charge is 0.0638 e. The van der Waals surface area contributed by atoms with Crippen LogP contribution in [0.5, 0.6) is 0 Å². The van der Waals surface area contributed by atoms with Crippen molar-refractivity contribution in [3.05, 3.63) is 24.0 Å². The molecule has 1 N–H and O–H groups in total. The van der Waals surface area contributed by atoms with Crippen molar-refractivity contribution in [3.8, 4) is 0 Å². The van der Waals surface area contributed by atoms with Gasteiger partial charge in [-0.2, -0.15) is 5.10 Å². The minimum Gasteiger partial charge on any atom is -0.316 e. The standard InChI is InChI=1S/C14H25N3/c1-5-9-15-10-6-7-13(4)14-8-11-16-17(14)12(2)3/h7-8,11-12,15H,5-6,9-10H2,1-4H3/b13-7-. The Morgan fingerprint density at radius 1 is 1.47 bits per heavy atom. The van der Waals surface area contributed by atoms with E-state index in [0.29, 0.717) is 6.04 Å². The van der Waals surface area contributed by atoms with E-state index in [0.717, 1.165) is 19.5 Å². The van der Waals surface area contributed by atoms with Gasteiger partial charge in [-0.15, -0.1) is 0 Å². The summed E-state index contributed by atoms with van der Waals surface area (Å²) in [5, 5.41) is 7.76. The number of allylic oxidation sites excluding steroid dienone is 1. The molecule has 0 aliphatic heterocycles. The van der Waals surface area contributed by atoms with Crippen LogP contribution < -0.4 is 5.32 Å². The second-order valence-corrected chi connectivity index (χ2v) is 4.68. The fraction of sp³-hybridized carbons (Fsp3) is 0.643. The van der Waals surface area contributed by atoms with E-state index in [-0.39, 0.29) is 0 Å². The lowest BCUT2D eigenvalue weighted by Crippen LogP contribution is -2.15. The summed E-state index contributed by atoms with van der Waals surface area (Å²) in [5.74, 6) is 0. The van der Waals surface area contributed by atoms with Crippen LogP contribution in [-0.4, -0.2) is 22.9 Å². The highest BCUT2D eigenvalue weighted by Crippen LogP contribution is 2.17. The normalized spacial score (nSPS) is 12.4. The number of nitrogens with one attached hydrogen (secondary N) is 1. The Labute approximate surface area is 105 Å². The van der Waals surface area contributed by atoms with Crippen molar-refractivity contribution in [3.63, 3.8) is 0 Å². The van der Waals surface area contributed by atoms with Crippen LogP contribution in [0.4, 0.5) is 0 Å². The number of hydrogen-bond donors (Lipinski definition) is 1. The van der Waals surface area contributed by atoms with Gasteiger partial charge in [0.1, 0.15) is 0 Å². The van der Waals surface area contributed by atoms with Gasteiger partial charge in [-0.05, 0) is 58.3 Å². The van der Waals surface area contributed by atoms with E-state index >= 15 is 0 Å². The van der Waals surface area contributed by atoms with Crippen molar-refractivity contribution in [2.24, 2.45) is 0 Å². The van der Waals surface area contributed by atoms with Gasteiger partial charge in [0.2, 0.25) is 0 Å². The zero-order valence-electron chi connectivity index (χ0n) is 11.5. The number of hydrogen-bond acceptors (Lipinski definition) is 2. The van der Waals surface area contributed by atoms with Crippen LogP contribution in [0.25, 0.3) is 5.57 Å². The maximum Gasteiger partial charge on any atom is 0.0638 e. The highest BCUT2D eigenvalue weighted by Gasteiger charge is 2.06. The Morgan fingerprint density at radius 2 is 2.24 bits per heavy atom. The fourth-order valence-electron chi connectivity index (χ4n) is 1.84. The molecule has 0 aromatic carbocycles. The molecule has 1 aromatic rings. The predicted molar refractivity (Wildman–Crippen MR) is 74.0 cm³/mol. The summed E-state index contributed by atoms with van der Waals surface area (Å²) in [6.45, 7) is 10.8. The van der Waals surface area contributed by atoms with Gasteiger partial charge in [-0.3, -0.25) is 4.68 Å². The third kappa shape index (κ3) is 4.35. The number of aromatic nitrogens is 2. The summed E-state index contributed by atoms with van der Waals surface area (Å²) in [6.07, 6.45) is 6.44. The van der Waals surface area contributed by atoms with Gasteiger partial charge in [-0.25, -0.2) is 0 Å². The van der Waals surface area contributed by atoms with Crippen molar-refractivity contribution >= 4 is 5.57 Å². The summed E-state index contributed by atoms with van der Waals surface area (Å²) in [7, 11) is 0. The molecule has 0 bridgehead atoms. The first-order chi connectivity index (χ1) is 8.16. The van der Waals surface area contributed by atoms with Crippen molar-refractivity contribution in [2.45, 2.75) is 46.6 Å². The van der Waals surface area contributed by atoms with E-state index in [1.54, 1.807) is 0 Å². The first kappa shape index (κ1) is 14.0. The summed E-state index contributed by atoms with van der Waals surface area (Å²) in [5.41, 5.74) is 2.55. The van der Waals surface area contributed by atoms with E-state index < -0.39 is 0 Å². The molecule has 1 heterocycles. The van der Waals surface area contributed by atoms with Gasteiger partial charge in [0, 0.05) is 12.2 Å². The Morgan fingerprint density at radius 3 is 2.88 bits per heavy atom. The van der Waals surface area contributed by atoms with Crippen molar-refractivity contribution in [2.75, 3.05) is 13.1 Å². The molecule has 1 rings (SSSR count). The first-order valence-corrected chi connectivity index (χ1v) is 6.58. The summed E-state index contributed by atoms with van der Waals surface area (Å²) in [6, 6.07) is 2.51. The topological polar surface area (TPSA) is 29.9 Å². The quantitative estimate of drug-likeness (QED) is 0.735. The highest BCUT2D eigenvalue weighted by molar-refractivity contribution is 5.60. The zero-order chi connectivity index (χ0) is 12.7. The van der Waals surface area contributed by atoms with Crippen LogP contribution in [0, 0.1) is 0 Å². The van der Waals surface area contributed by atoms with Crippen molar-refractivity contribution in [1.82, 2.24) is 15.1 Å². The molecule has 0 atom stereocenters. The molecule has 96 valence electrons. The van der Waals surface area contributed by atoms with Crippen LogP contribution in [0.2, 0.25) is 0 Å². The largest absolute Gasteiger partial charge is 0.316 e. The van der Waals surface area contributed by atoms with E-state index in [4.69, 9.17) is 0 Å². The van der Waals surface area contributed by atoms with Gasteiger partial charge < -0.3 is 5.32 Å². The zero-order valence-corrected chi connectivity index (χ0v) is 11.5. The summed E-state index contributed by atoms with van der Waals surface area (Å²) < 4.78 is 2.07. The molecular weight excluding hydrogens is 210 g/mol. The molecule has 0 fully saturated rings. The molecule has 1 aromatic heterocycles. The average Bonchev–Trinajstić information content (AvgIpc) is 2.77. The SMILES string of the molecule is CCCNCC/C=C(/C)c1ccnn1C(C)C. The molecule has 0 aliphatic carbocycles. The van der Waals surface area contributed by atoms with E-state index in [2.05, 4.69) is 54.9 Å². The molecule has 3 heteroatoms. The lowest BCUT2D eigenvalue weighted by Gasteiger charge is -2.11. The van der Waals surface area contributed by atoms with Gasteiger partial charge in [0.05, 0.1) is 5.69 Å². The Balaban J connectivity index is 2.53. The van der Waals surface area contributed by atoms with Gasteiger partial charge in [0.25, 0.3) is 0 Å². The molecule has 0 spiro atoms. The summed E-state index contributed by atoms with van der Waals surface area (Å²) >= 11 is 0. The molecule has 0 radical (unpaired) electrons. The maximum absolute atomic E-state index is 4.35. The van der Waals surface area contributed by atoms with Crippen LogP contribution in [-0.2, 0) is 0 Å². The van der Waals surface area contributed by atoms with Gasteiger partial charge >= 0.3 is 0 Å². The molecule has 0 unspecified atom stereocenters. The van der Waals surface area contributed by atoms with Gasteiger partial charge in [-0.1, -0.05) is 13.0 Å². The van der Waals surface area contributed by atoms with Crippen molar-refractivity contribution in [1.29, 1.82) is 0 Å². The Hall–Kier alpha value is -1.09. The second kappa shape index (κ2) is 7.28. The molecule has 3 nitrogen and oxygen atoms in total. The lowest BCUT2D eigenvalue weighted by molar-refractivity contribution is 0.526. The lowest BCUT2D eigenvalue weighted by atomic mass is 10.1. The molecule has 0 saturated heterocycles. The number of rotatable bonds is 7. The third-order valence-electron chi connectivity index (χ3n) is 2.76. The third-order valence-corrected chi connectivity index (χ3v) is 2.76. The molecule has 0 saturated carbocycles.